The fourth-order valence-electron chi connectivity index (χ4n) is 0. The summed E-state index contributed by atoms with van der Waals surface area (Å²) in [5, 5.41) is 0. The van der Waals surface area contributed by atoms with Crippen LogP contribution in [0.2, 0.25) is 0 Å². The zero-order valence-corrected chi connectivity index (χ0v) is 7.59. The minimum Gasteiger partial charge on any atom is -1.00 e. The first-order valence-electron chi connectivity index (χ1n) is 0.698. The van der Waals surface area contributed by atoms with Crippen molar-refractivity contribution in [3.8, 4) is 0 Å². The van der Waals surface area contributed by atoms with Crippen molar-refractivity contribution in [2.24, 2.45) is 0 Å². The zero-order chi connectivity index (χ0) is 4.50. The Morgan fingerprint density at radius 2 is 1.25 bits per heavy atom. The SMILES string of the molecule is O.O=S(=O)(O)O.[Ca+2].[Cu].[H-].[H-]. The van der Waals surface area contributed by atoms with Gasteiger partial charge in [-0.25, -0.2) is 0 Å². The van der Waals surface area contributed by atoms with Gasteiger partial charge in [0.05, 0.1) is 0 Å². The molecule has 0 saturated heterocycles. The summed E-state index contributed by atoms with van der Waals surface area (Å²) in [5.74, 6) is 0. The molecule has 0 atom stereocenters. The smallest absolute Gasteiger partial charge is 1.00 e. The van der Waals surface area contributed by atoms with Crippen molar-refractivity contribution in [1.82, 2.24) is 0 Å². The van der Waals surface area contributed by atoms with Crippen LogP contribution in [0.3, 0.4) is 0 Å². The maximum absolute atomic E-state index is 8.74. The third-order valence-electron chi connectivity index (χ3n) is 0. The van der Waals surface area contributed by atoms with E-state index < -0.39 is 10.4 Å². The molecule has 0 bridgehead atoms. The molecule has 8 heteroatoms. The van der Waals surface area contributed by atoms with Gasteiger partial charge < -0.3 is 8.33 Å². The number of hydrogen-bond donors (Lipinski definition) is 2. The van der Waals surface area contributed by atoms with E-state index in [1.165, 1.54) is 0 Å². The summed E-state index contributed by atoms with van der Waals surface area (Å²) in [4.78, 5) is 0. The first-order chi connectivity index (χ1) is 2.00. The van der Waals surface area contributed by atoms with Crippen LogP contribution in [0, 0.1) is 0 Å². The average Bonchev–Trinajstić information content (AvgIpc) is 0.722. The van der Waals surface area contributed by atoms with E-state index in [1.807, 2.05) is 0 Å². The van der Waals surface area contributed by atoms with Crippen molar-refractivity contribution in [2.75, 3.05) is 0 Å². The molecule has 0 fully saturated rings. The van der Waals surface area contributed by atoms with Crippen molar-refractivity contribution >= 4 is 48.1 Å². The van der Waals surface area contributed by atoms with Crippen LogP contribution in [0.4, 0.5) is 0 Å². The van der Waals surface area contributed by atoms with E-state index in [-0.39, 0.29) is 63.1 Å². The second-order valence-electron chi connectivity index (χ2n) is 0.448. The second-order valence-corrected chi connectivity index (χ2v) is 1.34. The maximum Gasteiger partial charge on any atom is 2.00 e. The van der Waals surface area contributed by atoms with Gasteiger partial charge in [-0.1, -0.05) is 0 Å². The summed E-state index contributed by atoms with van der Waals surface area (Å²) in [6.45, 7) is 0. The van der Waals surface area contributed by atoms with Gasteiger partial charge in [0.2, 0.25) is 0 Å². The molecule has 4 N–H and O–H groups in total. The molecule has 0 rings (SSSR count). The molecular formula is H6CaCuO5S. The molecule has 8 heavy (non-hydrogen) atoms. The Hall–Kier alpha value is 1.61. The van der Waals surface area contributed by atoms with Crippen LogP contribution in [0.1, 0.15) is 2.85 Å². The van der Waals surface area contributed by atoms with Gasteiger partial charge in [-0.2, -0.15) is 8.42 Å². The van der Waals surface area contributed by atoms with E-state index in [0.29, 0.717) is 0 Å². The van der Waals surface area contributed by atoms with E-state index in [9.17, 15) is 0 Å². The van der Waals surface area contributed by atoms with Crippen LogP contribution in [0.5, 0.6) is 0 Å². The van der Waals surface area contributed by atoms with Crippen LogP contribution < -0.4 is 0 Å². The van der Waals surface area contributed by atoms with E-state index in [0.717, 1.165) is 0 Å². The maximum atomic E-state index is 8.74. The number of rotatable bonds is 0. The van der Waals surface area contributed by atoms with Crippen molar-refractivity contribution in [3.63, 3.8) is 0 Å². The third kappa shape index (κ3) is 128. The Labute approximate surface area is 90.2 Å². The largest absolute Gasteiger partial charge is 2.00 e. The Morgan fingerprint density at radius 3 is 1.25 bits per heavy atom. The van der Waals surface area contributed by atoms with Crippen molar-refractivity contribution in [2.45, 2.75) is 0 Å². The minimum absolute atomic E-state index is 0. The summed E-state index contributed by atoms with van der Waals surface area (Å²) in [7, 11) is -4.67. The second kappa shape index (κ2) is 8.61. The molecule has 0 aromatic carbocycles. The van der Waals surface area contributed by atoms with Gasteiger partial charge in [0, 0.05) is 17.1 Å². The Morgan fingerprint density at radius 1 is 1.25 bits per heavy atom. The van der Waals surface area contributed by atoms with Crippen LogP contribution in [0.15, 0.2) is 0 Å². The fourth-order valence-corrected chi connectivity index (χ4v) is 0. The first kappa shape index (κ1) is 22.6. The Bertz CT molecular complexity index is 103. The van der Waals surface area contributed by atoms with Gasteiger partial charge in [-0.05, 0) is 0 Å². The normalized spacial score (nSPS) is 7.25. The van der Waals surface area contributed by atoms with Crippen LogP contribution in [-0.4, -0.2) is 60.7 Å². The van der Waals surface area contributed by atoms with E-state index in [4.69, 9.17) is 17.5 Å². The van der Waals surface area contributed by atoms with Gasteiger partial charge >= 0.3 is 48.1 Å². The predicted molar refractivity (Wildman–Crippen MR) is 25.8 cm³/mol. The predicted octanol–water partition coefficient (Wildman–Crippen LogP) is -1.64. The molecule has 0 heterocycles. The molecule has 1 radical (unpaired) electrons. The Kier molecular flexibility index (Phi) is 24.4. The minimum atomic E-state index is -4.67. The molecule has 0 aliphatic rings. The fraction of sp³-hybridized carbons (Fsp3) is 0. The molecular weight excluding hydrogens is 216 g/mol. The molecule has 0 amide bonds. The molecule has 5 nitrogen and oxygen atoms in total. The molecule has 0 unspecified atom stereocenters. The standard InChI is InChI=1S/Ca.Cu.H2O4S.H2O.2H/c;;1-5(2,3)4;;;/h;;(H2,1,2,3,4);1H2;;/q+2;;;;2*-1. The summed E-state index contributed by atoms with van der Waals surface area (Å²) in [6, 6.07) is 0. The molecule has 0 aliphatic heterocycles. The quantitative estimate of drug-likeness (QED) is 0.378. The molecule has 0 aromatic rings. The van der Waals surface area contributed by atoms with Crippen LogP contribution in [-0.2, 0) is 27.5 Å². The average molecular weight is 222 g/mol. The van der Waals surface area contributed by atoms with Gasteiger partial charge in [0.15, 0.2) is 0 Å². The molecule has 0 aromatic heterocycles. The molecule has 0 saturated carbocycles. The van der Waals surface area contributed by atoms with Gasteiger partial charge in [-0.3, -0.25) is 9.11 Å². The first-order valence-corrected chi connectivity index (χ1v) is 2.10. The Balaban J connectivity index is -0.00000000800. The molecule has 55 valence electrons. The van der Waals surface area contributed by atoms with E-state index in [2.05, 4.69) is 0 Å². The van der Waals surface area contributed by atoms with Gasteiger partial charge in [-0.15, -0.1) is 0 Å². The van der Waals surface area contributed by atoms with Crippen LogP contribution in [0.25, 0.3) is 0 Å². The van der Waals surface area contributed by atoms with Crippen LogP contribution >= 0.6 is 0 Å². The summed E-state index contributed by atoms with van der Waals surface area (Å²) in [6.07, 6.45) is 0. The van der Waals surface area contributed by atoms with Gasteiger partial charge in [0.25, 0.3) is 0 Å². The van der Waals surface area contributed by atoms with Crippen molar-refractivity contribution in [3.05, 3.63) is 0 Å². The molecule has 0 spiro atoms. The summed E-state index contributed by atoms with van der Waals surface area (Å²) < 4.78 is 31.6. The summed E-state index contributed by atoms with van der Waals surface area (Å²) >= 11 is 0. The third-order valence-corrected chi connectivity index (χ3v) is 0. The summed E-state index contributed by atoms with van der Waals surface area (Å²) in [5.41, 5.74) is 0. The monoisotopic (exact) mass is 221 g/mol. The van der Waals surface area contributed by atoms with Gasteiger partial charge in [0.1, 0.15) is 0 Å². The van der Waals surface area contributed by atoms with Crippen molar-refractivity contribution < 1.29 is 42.9 Å². The van der Waals surface area contributed by atoms with E-state index >= 15 is 0 Å². The van der Waals surface area contributed by atoms with Crippen molar-refractivity contribution in [1.29, 1.82) is 0 Å². The molecule has 0 aliphatic carbocycles. The zero-order valence-electron chi connectivity index (χ0n) is 5.63. The number of hydrogen-bond acceptors (Lipinski definition) is 2. The topological polar surface area (TPSA) is 106 Å². The van der Waals surface area contributed by atoms with E-state index in [1.54, 1.807) is 0 Å².